The molecule has 23 heavy (non-hydrogen) atoms. The van der Waals surface area contributed by atoms with Crippen molar-refractivity contribution >= 4 is 33.2 Å². The van der Waals surface area contributed by atoms with Crippen LogP contribution in [-0.2, 0) is 14.8 Å². The molecule has 0 heterocycles. The largest absolute Gasteiger partial charge is 0.271 e. The average molecular weight is 350 g/mol. The van der Waals surface area contributed by atoms with Gasteiger partial charge in [0.05, 0.1) is 15.6 Å². The summed E-state index contributed by atoms with van der Waals surface area (Å²) < 4.78 is 26.6. The summed E-state index contributed by atoms with van der Waals surface area (Å²) in [4.78, 5) is 12.5. The van der Waals surface area contributed by atoms with E-state index in [1.54, 1.807) is 24.3 Å². The maximum absolute atomic E-state index is 12.9. The Bertz CT molecular complexity index is 858. The molecular weight excluding hydrogens is 334 g/mol. The molecule has 2 aromatic rings. The Morgan fingerprint density at radius 1 is 1.09 bits per heavy atom. The SMILES string of the molecule is C=C(C)C(=O)N(c1ccccc1Cl)S(=O)(=O)c1ccc(C)cc1. The predicted molar refractivity (Wildman–Crippen MR) is 92.1 cm³/mol. The highest BCUT2D eigenvalue weighted by atomic mass is 35.5. The number of para-hydroxylation sites is 1. The van der Waals surface area contributed by atoms with Crippen molar-refractivity contribution in [2.24, 2.45) is 0 Å². The van der Waals surface area contributed by atoms with Crippen LogP contribution in [-0.4, -0.2) is 14.3 Å². The van der Waals surface area contributed by atoms with Crippen molar-refractivity contribution in [1.82, 2.24) is 0 Å². The normalized spacial score (nSPS) is 11.1. The zero-order valence-electron chi connectivity index (χ0n) is 12.8. The summed E-state index contributed by atoms with van der Waals surface area (Å²) in [5, 5.41) is 0.165. The lowest BCUT2D eigenvalue weighted by molar-refractivity contribution is -0.113. The Morgan fingerprint density at radius 2 is 1.65 bits per heavy atom. The van der Waals surface area contributed by atoms with Crippen molar-refractivity contribution in [2.75, 3.05) is 4.31 Å². The summed E-state index contributed by atoms with van der Waals surface area (Å²) in [5.74, 6) is -0.723. The number of benzene rings is 2. The van der Waals surface area contributed by atoms with E-state index < -0.39 is 15.9 Å². The molecule has 0 saturated carbocycles. The van der Waals surface area contributed by atoms with E-state index in [0.29, 0.717) is 4.31 Å². The Labute approximate surface area is 141 Å². The first-order chi connectivity index (χ1) is 10.7. The third kappa shape index (κ3) is 3.46. The van der Waals surface area contributed by atoms with Crippen molar-refractivity contribution < 1.29 is 13.2 Å². The molecule has 1 amide bonds. The standard InChI is InChI=1S/C17H16ClNO3S/c1-12(2)17(20)19(16-7-5-4-6-15(16)18)23(21,22)14-10-8-13(3)9-11-14/h4-11H,1H2,2-3H3. The minimum atomic E-state index is -4.10. The first-order valence-electron chi connectivity index (χ1n) is 6.81. The Hall–Kier alpha value is -2.11. The van der Waals surface area contributed by atoms with Gasteiger partial charge in [-0.15, -0.1) is 0 Å². The second-order valence-electron chi connectivity index (χ2n) is 5.12. The zero-order chi connectivity index (χ0) is 17.2. The van der Waals surface area contributed by atoms with Gasteiger partial charge in [0.15, 0.2) is 0 Å². The van der Waals surface area contributed by atoms with E-state index in [2.05, 4.69) is 6.58 Å². The molecule has 0 saturated heterocycles. The van der Waals surface area contributed by atoms with E-state index in [1.165, 1.54) is 31.2 Å². The quantitative estimate of drug-likeness (QED) is 0.785. The average Bonchev–Trinajstić information content (AvgIpc) is 2.49. The van der Waals surface area contributed by atoms with Gasteiger partial charge in [-0.05, 0) is 38.1 Å². The van der Waals surface area contributed by atoms with Crippen molar-refractivity contribution in [2.45, 2.75) is 18.7 Å². The van der Waals surface area contributed by atoms with Crippen LogP contribution >= 0.6 is 11.6 Å². The van der Waals surface area contributed by atoms with Gasteiger partial charge in [-0.25, -0.2) is 8.42 Å². The summed E-state index contributed by atoms with van der Waals surface area (Å²) >= 11 is 6.10. The van der Waals surface area contributed by atoms with Crippen LogP contribution in [0.3, 0.4) is 0 Å². The molecule has 0 unspecified atom stereocenters. The molecule has 0 spiro atoms. The molecular formula is C17H16ClNO3S. The van der Waals surface area contributed by atoms with Crippen LogP contribution < -0.4 is 4.31 Å². The summed E-state index contributed by atoms with van der Waals surface area (Å²) in [6.07, 6.45) is 0. The maximum Gasteiger partial charge on any atom is 0.271 e. The Kier molecular flexibility index (Phi) is 4.92. The van der Waals surface area contributed by atoms with Gasteiger partial charge in [0.25, 0.3) is 15.9 Å². The van der Waals surface area contributed by atoms with Crippen LogP contribution in [0.4, 0.5) is 5.69 Å². The van der Waals surface area contributed by atoms with Crippen LogP contribution in [0.15, 0.2) is 65.6 Å². The number of sulfonamides is 1. The second kappa shape index (κ2) is 6.56. The minimum Gasteiger partial charge on any atom is -0.268 e. The highest BCUT2D eigenvalue weighted by Crippen LogP contribution is 2.31. The second-order valence-corrected chi connectivity index (χ2v) is 7.31. The van der Waals surface area contributed by atoms with E-state index in [1.807, 2.05) is 6.92 Å². The molecule has 0 aromatic heterocycles. The lowest BCUT2D eigenvalue weighted by Gasteiger charge is -2.23. The fourth-order valence-corrected chi connectivity index (χ4v) is 3.71. The van der Waals surface area contributed by atoms with E-state index in [0.717, 1.165) is 5.56 Å². The van der Waals surface area contributed by atoms with Crippen LogP contribution in [0.5, 0.6) is 0 Å². The lowest BCUT2D eigenvalue weighted by Crippen LogP contribution is -2.37. The molecule has 0 fully saturated rings. The number of hydrogen-bond donors (Lipinski definition) is 0. The van der Waals surface area contributed by atoms with Gasteiger partial charge in [-0.1, -0.05) is 48.0 Å². The van der Waals surface area contributed by atoms with Gasteiger partial charge < -0.3 is 0 Å². The van der Waals surface area contributed by atoms with E-state index in [4.69, 9.17) is 11.6 Å². The van der Waals surface area contributed by atoms with Gasteiger partial charge in [0.1, 0.15) is 0 Å². The fourth-order valence-electron chi connectivity index (χ4n) is 1.95. The summed E-state index contributed by atoms with van der Waals surface area (Å²) in [6, 6.07) is 12.5. The Balaban J connectivity index is 2.67. The molecule has 2 rings (SSSR count). The first kappa shape index (κ1) is 17.2. The summed E-state index contributed by atoms with van der Waals surface area (Å²) in [6.45, 7) is 6.86. The van der Waals surface area contributed by atoms with Gasteiger partial charge in [0, 0.05) is 5.57 Å². The molecule has 0 N–H and O–H groups in total. The maximum atomic E-state index is 12.9. The number of carbonyl (C=O) groups excluding carboxylic acids is 1. The highest BCUT2D eigenvalue weighted by molar-refractivity contribution is 7.93. The third-order valence-corrected chi connectivity index (χ3v) is 5.21. The molecule has 0 aliphatic rings. The molecule has 0 radical (unpaired) electrons. The zero-order valence-corrected chi connectivity index (χ0v) is 14.4. The molecule has 6 heteroatoms. The van der Waals surface area contributed by atoms with Gasteiger partial charge in [0.2, 0.25) is 0 Å². The van der Waals surface area contributed by atoms with Gasteiger partial charge >= 0.3 is 0 Å². The number of anilines is 1. The predicted octanol–water partition coefficient (Wildman–Crippen LogP) is 3.95. The molecule has 0 aliphatic carbocycles. The lowest BCUT2D eigenvalue weighted by atomic mass is 10.2. The first-order valence-corrected chi connectivity index (χ1v) is 8.63. The highest BCUT2D eigenvalue weighted by Gasteiger charge is 2.32. The summed E-state index contributed by atoms with van der Waals surface area (Å²) in [7, 11) is -4.10. The number of halogens is 1. The molecule has 4 nitrogen and oxygen atoms in total. The summed E-state index contributed by atoms with van der Waals surface area (Å²) in [5.41, 5.74) is 1.11. The van der Waals surface area contributed by atoms with Gasteiger partial charge in [-0.2, -0.15) is 4.31 Å². The molecule has 0 bridgehead atoms. The smallest absolute Gasteiger partial charge is 0.268 e. The number of hydrogen-bond acceptors (Lipinski definition) is 3. The number of amides is 1. The topological polar surface area (TPSA) is 54.5 Å². The number of aryl methyl sites for hydroxylation is 1. The van der Waals surface area contributed by atoms with Crippen LogP contribution in [0.25, 0.3) is 0 Å². The fraction of sp³-hybridized carbons (Fsp3) is 0.118. The molecule has 0 atom stereocenters. The monoisotopic (exact) mass is 349 g/mol. The van der Waals surface area contributed by atoms with Crippen LogP contribution in [0.2, 0.25) is 5.02 Å². The molecule has 0 aliphatic heterocycles. The van der Waals surface area contributed by atoms with Gasteiger partial charge in [-0.3, -0.25) is 4.79 Å². The number of nitrogens with zero attached hydrogens (tertiary/aromatic N) is 1. The third-order valence-electron chi connectivity index (χ3n) is 3.18. The molecule has 2 aromatic carbocycles. The van der Waals surface area contributed by atoms with Crippen molar-refractivity contribution in [3.63, 3.8) is 0 Å². The van der Waals surface area contributed by atoms with Crippen molar-refractivity contribution in [3.8, 4) is 0 Å². The Morgan fingerprint density at radius 3 is 2.17 bits per heavy atom. The van der Waals surface area contributed by atoms with E-state index >= 15 is 0 Å². The number of rotatable bonds is 4. The molecule has 120 valence electrons. The minimum absolute atomic E-state index is 0.0117. The van der Waals surface area contributed by atoms with Crippen molar-refractivity contribution in [3.05, 3.63) is 71.3 Å². The van der Waals surface area contributed by atoms with E-state index in [9.17, 15) is 13.2 Å². The van der Waals surface area contributed by atoms with Crippen LogP contribution in [0.1, 0.15) is 12.5 Å². The van der Waals surface area contributed by atoms with Crippen molar-refractivity contribution in [1.29, 1.82) is 0 Å². The van der Waals surface area contributed by atoms with E-state index in [-0.39, 0.29) is 21.2 Å². The van der Waals surface area contributed by atoms with Crippen LogP contribution in [0, 0.1) is 6.92 Å². The number of carbonyl (C=O) groups is 1.